The van der Waals surface area contributed by atoms with Crippen LogP contribution in [0.25, 0.3) is 0 Å². The van der Waals surface area contributed by atoms with E-state index in [2.05, 4.69) is 13.8 Å². The van der Waals surface area contributed by atoms with Crippen molar-refractivity contribution in [1.82, 2.24) is 4.90 Å². The van der Waals surface area contributed by atoms with Gasteiger partial charge in [0.25, 0.3) is 5.91 Å². The highest BCUT2D eigenvalue weighted by Crippen LogP contribution is 2.22. The number of hydrogen-bond donors (Lipinski definition) is 1. The molecule has 0 aromatic heterocycles. The Labute approximate surface area is 121 Å². The van der Waals surface area contributed by atoms with Crippen LogP contribution in [0.1, 0.15) is 36.7 Å². The molecule has 2 N–H and O–H groups in total. The molecule has 0 bridgehead atoms. The first-order valence-corrected chi connectivity index (χ1v) is 6.98. The third kappa shape index (κ3) is 3.97. The lowest BCUT2D eigenvalue weighted by Gasteiger charge is -2.31. The molecule has 0 fully saturated rings. The maximum Gasteiger partial charge on any atom is 0.253 e. The number of rotatable bonds is 6. The lowest BCUT2D eigenvalue weighted by atomic mass is 9.93. The first-order chi connectivity index (χ1) is 9.34. The smallest absolute Gasteiger partial charge is 0.253 e. The Morgan fingerprint density at radius 3 is 2.55 bits per heavy atom. The molecule has 0 saturated carbocycles. The molecule has 0 radical (unpaired) electrons. The third-order valence-electron chi connectivity index (χ3n) is 3.50. The molecule has 0 spiro atoms. The largest absolute Gasteiger partial charge is 0.496 e. The van der Waals surface area contributed by atoms with Crippen molar-refractivity contribution in [2.24, 2.45) is 11.1 Å². The normalized spacial score (nSPS) is 11.3. The number of carbonyl (C=O) groups is 1. The summed E-state index contributed by atoms with van der Waals surface area (Å²) in [6.07, 6.45) is 0. The van der Waals surface area contributed by atoms with E-state index in [-0.39, 0.29) is 11.3 Å². The van der Waals surface area contributed by atoms with E-state index in [1.807, 2.05) is 30.9 Å². The zero-order valence-corrected chi connectivity index (χ0v) is 13.2. The summed E-state index contributed by atoms with van der Waals surface area (Å²) in [4.78, 5) is 14.4. The Morgan fingerprint density at radius 1 is 1.40 bits per heavy atom. The van der Waals surface area contributed by atoms with E-state index in [9.17, 15) is 4.79 Å². The van der Waals surface area contributed by atoms with Crippen molar-refractivity contribution in [1.29, 1.82) is 0 Å². The van der Waals surface area contributed by atoms with E-state index in [0.29, 0.717) is 25.2 Å². The highest BCUT2D eigenvalue weighted by atomic mass is 16.5. The van der Waals surface area contributed by atoms with Gasteiger partial charge in [0.2, 0.25) is 0 Å². The van der Waals surface area contributed by atoms with Crippen LogP contribution in [-0.2, 0) is 0 Å². The van der Waals surface area contributed by atoms with E-state index >= 15 is 0 Å². The standard InChI is InChI=1S/C16H26N2O2/c1-6-18(11-16(3,4)10-17)15(19)13-8-7-12(2)14(9-13)20-5/h7-9H,6,10-11,17H2,1-5H3. The SMILES string of the molecule is CCN(CC(C)(C)CN)C(=O)c1ccc(C)c(OC)c1. The monoisotopic (exact) mass is 278 g/mol. The zero-order valence-electron chi connectivity index (χ0n) is 13.2. The molecule has 20 heavy (non-hydrogen) atoms. The van der Waals surface area contributed by atoms with Crippen LogP contribution < -0.4 is 10.5 Å². The second-order valence-electron chi connectivity index (χ2n) is 5.87. The predicted octanol–water partition coefficient (Wildman–Crippen LogP) is 2.45. The van der Waals surface area contributed by atoms with Crippen molar-refractivity contribution in [2.75, 3.05) is 26.7 Å². The van der Waals surface area contributed by atoms with Gasteiger partial charge in [-0.15, -0.1) is 0 Å². The van der Waals surface area contributed by atoms with Crippen LogP contribution in [0.15, 0.2) is 18.2 Å². The molecule has 112 valence electrons. The van der Waals surface area contributed by atoms with Gasteiger partial charge < -0.3 is 15.4 Å². The molecule has 1 amide bonds. The Kier molecular flexibility index (Phi) is 5.57. The van der Waals surface area contributed by atoms with Crippen molar-refractivity contribution in [3.63, 3.8) is 0 Å². The maximum absolute atomic E-state index is 12.6. The van der Waals surface area contributed by atoms with Crippen molar-refractivity contribution in [2.45, 2.75) is 27.7 Å². The molecule has 0 unspecified atom stereocenters. The van der Waals surface area contributed by atoms with E-state index in [4.69, 9.17) is 10.5 Å². The van der Waals surface area contributed by atoms with E-state index in [1.54, 1.807) is 13.2 Å². The fourth-order valence-corrected chi connectivity index (χ4v) is 2.04. The number of amides is 1. The minimum atomic E-state index is -0.0829. The van der Waals surface area contributed by atoms with E-state index < -0.39 is 0 Å². The first kappa shape index (κ1) is 16.5. The molecule has 1 rings (SSSR count). The fraction of sp³-hybridized carbons (Fsp3) is 0.562. The lowest BCUT2D eigenvalue weighted by molar-refractivity contribution is 0.0700. The van der Waals surface area contributed by atoms with Crippen molar-refractivity contribution in [3.05, 3.63) is 29.3 Å². The van der Waals surface area contributed by atoms with Crippen LogP contribution in [0, 0.1) is 12.3 Å². The second-order valence-corrected chi connectivity index (χ2v) is 5.87. The molecule has 4 heteroatoms. The second kappa shape index (κ2) is 6.75. The molecule has 4 nitrogen and oxygen atoms in total. The number of hydrogen-bond acceptors (Lipinski definition) is 3. The summed E-state index contributed by atoms with van der Waals surface area (Å²) in [6, 6.07) is 5.56. The number of nitrogens with zero attached hydrogens (tertiary/aromatic N) is 1. The summed E-state index contributed by atoms with van der Waals surface area (Å²) >= 11 is 0. The van der Waals surface area contributed by atoms with Gasteiger partial charge >= 0.3 is 0 Å². The molecular weight excluding hydrogens is 252 g/mol. The Morgan fingerprint density at radius 2 is 2.05 bits per heavy atom. The van der Waals surface area contributed by atoms with Gasteiger partial charge in [-0.3, -0.25) is 4.79 Å². The van der Waals surface area contributed by atoms with Gasteiger partial charge in [0, 0.05) is 18.7 Å². The van der Waals surface area contributed by atoms with Gasteiger partial charge in [0.15, 0.2) is 0 Å². The summed E-state index contributed by atoms with van der Waals surface area (Å²) in [5.74, 6) is 0.761. The molecule has 0 saturated heterocycles. The number of carbonyl (C=O) groups excluding carboxylic acids is 1. The lowest BCUT2D eigenvalue weighted by Crippen LogP contribution is -2.42. The number of ether oxygens (including phenoxy) is 1. The number of nitrogens with two attached hydrogens (primary N) is 1. The summed E-state index contributed by atoms with van der Waals surface area (Å²) in [6.45, 7) is 9.94. The number of methoxy groups -OCH3 is 1. The first-order valence-electron chi connectivity index (χ1n) is 6.98. The predicted molar refractivity (Wildman–Crippen MR) is 82.1 cm³/mol. The van der Waals surface area contributed by atoms with Crippen molar-refractivity contribution in [3.8, 4) is 5.75 Å². The molecule has 0 heterocycles. The van der Waals surface area contributed by atoms with E-state index in [0.717, 1.165) is 11.3 Å². The van der Waals surface area contributed by atoms with Gasteiger partial charge in [0.1, 0.15) is 5.75 Å². The molecule has 1 aromatic rings. The van der Waals surface area contributed by atoms with Gasteiger partial charge in [-0.1, -0.05) is 19.9 Å². The van der Waals surface area contributed by atoms with Crippen LogP contribution in [0.4, 0.5) is 0 Å². The summed E-state index contributed by atoms with van der Waals surface area (Å²) in [7, 11) is 1.62. The molecule has 0 aliphatic heterocycles. The minimum Gasteiger partial charge on any atom is -0.496 e. The van der Waals surface area contributed by atoms with Crippen LogP contribution in [-0.4, -0.2) is 37.6 Å². The average Bonchev–Trinajstić information content (AvgIpc) is 2.44. The van der Waals surface area contributed by atoms with Crippen LogP contribution in [0.2, 0.25) is 0 Å². The van der Waals surface area contributed by atoms with Crippen molar-refractivity contribution >= 4 is 5.91 Å². The summed E-state index contributed by atoms with van der Waals surface area (Å²) in [5.41, 5.74) is 7.35. The summed E-state index contributed by atoms with van der Waals surface area (Å²) < 4.78 is 5.28. The highest BCUT2D eigenvalue weighted by molar-refractivity contribution is 5.94. The van der Waals surface area contributed by atoms with Gasteiger partial charge in [0.05, 0.1) is 7.11 Å². The highest BCUT2D eigenvalue weighted by Gasteiger charge is 2.23. The quantitative estimate of drug-likeness (QED) is 0.869. The van der Waals surface area contributed by atoms with E-state index in [1.165, 1.54) is 0 Å². The molecule has 0 aliphatic rings. The molecule has 0 atom stereocenters. The van der Waals surface area contributed by atoms with Gasteiger partial charge in [-0.05, 0) is 43.5 Å². The maximum atomic E-state index is 12.6. The minimum absolute atomic E-state index is 0.0207. The van der Waals surface area contributed by atoms with Gasteiger partial charge in [-0.25, -0.2) is 0 Å². The molecule has 0 aliphatic carbocycles. The topological polar surface area (TPSA) is 55.6 Å². The van der Waals surface area contributed by atoms with Gasteiger partial charge in [-0.2, -0.15) is 0 Å². The fourth-order valence-electron chi connectivity index (χ4n) is 2.04. The summed E-state index contributed by atoms with van der Waals surface area (Å²) in [5, 5.41) is 0. The molecular formula is C16H26N2O2. The Balaban J connectivity index is 2.97. The van der Waals surface area contributed by atoms with Crippen LogP contribution in [0.5, 0.6) is 5.75 Å². The average molecular weight is 278 g/mol. The van der Waals surface area contributed by atoms with Crippen LogP contribution in [0.3, 0.4) is 0 Å². The van der Waals surface area contributed by atoms with Crippen LogP contribution >= 0.6 is 0 Å². The molecule has 1 aromatic carbocycles. The van der Waals surface area contributed by atoms with Crippen molar-refractivity contribution < 1.29 is 9.53 Å². The Hall–Kier alpha value is -1.55. The third-order valence-corrected chi connectivity index (χ3v) is 3.50. The Bertz CT molecular complexity index is 470. The number of aryl methyl sites for hydroxylation is 1. The number of benzene rings is 1. The zero-order chi connectivity index (χ0) is 15.3.